The topological polar surface area (TPSA) is 65.5 Å². The number of aromatic amines is 1. The predicted octanol–water partition coefficient (Wildman–Crippen LogP) is 6.35. The molecule has 34 heavy (non-hydrogen) atoms. The second-order valence-corrected chi connectivity index (χ2v) is 9.45. The minimum Gasteiger partial charge on any atom is -0.321 e. The Morgan fingerprint density at radius 3 is 2.59 bits per heavy atom. The third kappa shape index (κ3) is 3.99. The van der Waals surface area contributed by atoms with E-state index in [2.05, 4.69) is 20.9 Å². The fourth-order valence-electron chi connectivity index (χ4n) is 4.62. The minimum atomic E-state index is -0.267. The number of rotatable bonds is 4. The second kappa shape index (κ2) is 9.03. The Morgan fingerprint density at radius 2 is 1.85 bits per heavy atom. The van der Waals surface area contributed by atoms with Gasteiger partial charge in [-0.3, -0.25) is 9.59 Å². The maximum absolute atomic E-state index is 13.5. The number of carbonyl (C=O) groups is 1. The molecule has 1 amide bonds. The minimum absolute atomic E-state index is 0.0749. The van der Waals surface area contributed by atoms with Gasteiger partial charge in [-0.1, -0.05) is 77.5 Å². The van der Waals surface area contributed by atoms with E-state index in [4.69, 9.17) is 5.10 Å². The first-order valence-corrected chi connectivity index (χ1v) is 12.1. The normalized spacial score (nSPS) is 15.6. The maximum atomic E-state index is 13.5. The number of pyridine rings is 1. The molecule has 1 aliphatic rings. The van der Waals surface area contributed by atoms with Crippen molar-refractivity contribution in [2.24, 2.45) is 5.10 Å². The Kier molecular flexibility index (Phi) is 5.92. The third-order valence-corrected chi connectivity index (χ3v) is 6.72. The maximum Gasteiger partial charge on any atom is 0.258 e. The summed E-state index contributed by atoms with van der Waals surface area (Å²) in [6.07, 6.45) is 0.794. The van der Waals surface area contributed by atoms with Crippen LogP contribution in [0.4, 0.5) is 0 Å². The van der Waals surface area contributed by atoms with E-state index in [9.17, 15) is 9.59 Å². The number of halogens is 1. The summed E-state index contributed by atoms with van der Waals surface area (Å²) in [6.45, 7) is 3.83. The number of benzene rings is 3. The number of hydrogen-bond donors (Lipinski definition) is 1. The van der Waals surface area contributed by atoms with Crippen LogP contribution in [0.2, 0.25) is 0 Å². The van der Waals surface area contributed by atoms with Crippen LogP contribution in [0.1, 0.15) is 42.5 Å². The van der Waals surface area contributed by atoms with Crippen molar-refractivity contribution in [3.05, 3.63) is 104 Å². The fourth-order valence-corrected chi connectivity index (χ4v) is 5.04. The van der Waals surface area contributed by atoms with Gasteiger partial charge in [-0.2, -0.15) is 5.10 Å². The van der Waals surface area contributed by atoms with E-state index >= 15 is 0 Å². The Labute approximate surface area is 206 Å². The van der Waals surface area contributed by atoms with Gasteiger partial charge in [-0.15, -0.1) is 0 Å². The number of aromatic nitrogens is 1. The van der Waals surface area contributed by atoms with Crippen molar-refractivity contribution >= 4 is 38.5 Å². The van der Waals surface area contributed by atoms with Crippen LogP contribution in [0.5, 0.6) is 0 Å². The summed E-state index contributed by atoms with van der Waals surface area (Å²) in [5.41, 5.74) is 5.57. The van der Waals surface area contributed by atoms with Crippen LogP contribution >= 0.6 is 15.9 Å². The molecule has 0 aliphatic carbocycles. The zero-order valence-corrected chi connectivity index (χ0v) is 20.6. The first-order chi connectivity index (χ1) is 16.5. The summed E-state index contributed by atoms with van der Waals surface area (Å²) in [6, 6.07) is 23.6. The van der Waals surface area contributed by atoms with E-state index in [1.54, 1.807) is 5.01 Å². The molecule has 3 aromatic carbocycles. The van der Waals surface area contributed by atoms with Crippen LogP contribution in [0.15, 0.2) is 87.2 Å². The highest BCUT2D eigenvalue weighted by atomic mass is 79.9. The smallest absolute Gasteiger partial charge is 0.258 e. The van der Waals surface area contributed by atoms with E-state index in [0.717, 1.165) is 37.6 Å². The molecule has 4 aromatic rings. The van der Waals surface area contributed by atoms with Crippen molar-refractivity contribution in [1.82, 2.24) is 9.99 Å². The zero-order valence-electron chi connectivity index (χ0n) is 19.0. The molecule has 5 nitrogen and oxygen atoms in total. The number of nitrogens with one attached hydrogen (secondary N) is 1. The summed E-state index contributed by atoms with van der Waals surface area (Å²) in [4.78, 5) is 29.5. The van der Waals surface area contributed by atoms with Gasteiger partial charge in [0.2, 0.25) is 5.91 Å². The fraction of sp³-hybridized carbons (Fsp3) is 0.179. The van der Waals surface area contributed by atoms with Crippen molar-refractivity contribution in [3.8, 4) is 11.1 Å². The second-order valence-electron chi connectivity index (χ2n) is 8.53. The van der Waals surface area contributed by atoms with Gasteiger partial charge in [-0.05, 0) is 41.8 Å². The molecule has 1 aromatic heterocycles. The molecule has 1 N–H and O–H groups in total. The molecule has 6 heteroatoms. The SMILES string of the molecule is CCC(=O)N1N=C(c2c(-c3ccccc3)c3ccc(C)cc3[nH]c2=O)CC1c1cccc(Br)c1. The van der Waals surface area contributed by atoms with E-state index < -0.39 is 0 Å². The molecule has 170 valence electrons. The highest BCUT2D eigenvalue weighted by molar-refractivity contribution is 9.10. The molecule has 2 heterocycles. The molecule has 0 spiro atoms. The molecule has 1 atom stereocenters. The Hall–Kier alpha value is -3.51. The molecule has 0 saturated carbocycles. The quantitative estimate of drug-likeness (QED) is 0.345. The molecule has 0 radical (unpaired) electrons. The standard InChI is InChI=1S/C28H24BrN3O2/c1-3-25(33)32-24(19-10-7-11-20(29)15-19)16-23(31-32)27-26(18-8-5-4-6-9-18)21-13-12-17(2)14-22(21)30-28(27)34/h4-15,24H,3,16H2,1-2H3,(H,30,34). The average molecular weight is 514 g/mol. The number of hydrogen-bond acceptors (Lipinski definition) is 3. The summed E-state index contributed by atoms with van der Waals surface area (Å²) in [5, 5.41) is 7.25. The summed E-state index contributed by atoms with van der Waals surface area (Å²) >= 11 is 3.53. The van der Waals surface area contributed by atoms with Crippen LogP contribution in [0.3, 0.4) is 0 Å². The lowest BCUT2D eigenvalue weighted by molar-refractivity contribution is -0.132. The van der Waals surface area contributed by atoms with Gasteiger partial charge in [0.15, 0.2) is 0 Å². The van der Waals surface area contributed by atoms with Crippen molar-refractivity contribution in [2.45, 2.75) is 32.7 Å². The molecule has 5 rings (SSSR count). The Balaban J connectivity index is 1.74. The first-order valence-electron chi connectivity index (χ1n) is 11.3. The lowest BCUT2D eigenvalue weighted by Crippen LogP contribution is -2.26. The Morgan fingerprint density at radius 1 is 1.06 bits per heavy atom. The highest BCUT2D eigenvalue weighted by Gasteiger charge is 2.34. The van der Waals surface area contributed by atoms with Gasteiger partial charge in [0.1, 0.15) is 0 Å². The first kappa shape index (κ1) is 22.3. The van der Waals surface area contributed by atoms with E-state index in [1.165, 1.54) is 0 Å². The number of nitrogens with zero attached hydrogens (tertiary/aromatic N) is 2. The largest absolute Gasteiger partial charge is 0.321 e. The van der Waals surface area contributed by atoms with E-state index in [-0.39, 0.29) is 17.5 Å². The lowest BCUT2D eigenvalue weighted by atomic mass is 9.90. The predicted molar refractivity (Wildman–Crippen MR) is 140 cm³/mol. The summed E-state index contributed by atoms with van der Waals surface area (Å²) < 4.78 is 0.936. The molecular formula is C28H24BrN3O2. The van der Waals surface area contributed by atoms with Gasteiger partial charge in [0.05, 0.1) is 17.3 Å². The molecule has 0 saturated heterocycles. The van der Waals surface area contributed by atoms with Crippen LogP contribution in [-0.4, -0.2) is 21.6 Å². The van der Waals surface area contributed by atoms with Crippen LogP contribution in [0, 0.1) is 6.92 Å². The monoisotopic (exact) mass is 513 g/mol. The van der Waals surface area contributed by atoms with Crippen molar-refractivity contribution < 1.29 is 4.79 Å². The molecule has 1 aliphatic heterocycles. The van der Waals surface area contributed by atoms with Gasteiger partial charge >= 0.3 is 0 Å². The number of H-pyrrole nitrogens is 1. The van der Waals surface area contributed by atoms with Crippen molar-refractivity contribution in [2.75, 3.05) is 0 Å². The number of hydrazone groups is 1. The summed E-state index contributed by atoms with van der Waals surface area (Å²) in [5.74, 6) is -0.0749. The van der Waals surface area contributed by atoms with Gasteiger partial charge in [-0.25, -0.2) is 5.01 Å². The highest BCUT2D eigenvalue weighted by Crippen LogP contribution is 2.37. The van der Waals surface area contributed by atoms with Crippen molar-refractivity contribution in [3.63, 3.8) is 0 Å². The van der Waals surface area contributed by atoms with Gasteiger partial charge in [0.25, 0.3) is 5.56 Å². The van der Waals surface area contributed by atoms with Gasteiger partial charge < -0.3 is 4.98 Å². The van der Waals surface area contributed by atoms with E-state index in [1.807, 2.05) is 86.6 Å². The Bertz CT molecular complexity index is 1490. The van der Waals surface area contributed by atoms with Gasteiger partial charge in [0, 0.05) is 33.8 Å². The van der Waals surface area contributed by atoms with Crippen LogP contribution in [-0.2, 0) is 4.79 Å². The molecular weight excluding hydrogens is 490 g/mol. The molecule has 0 fully saturated rings. The van der Waals surface area contributed by atoms with Crippen LogP contribution in [0.25, 0.3) is 22.0 Å². The number of amides is 1. The number of carbonyl (C=O) groups excluding carboxylic acids is 1. The summed E-state index contributed by atoms with van der Waals surface area (Å²) in [7, 11) is 0. The molecule has 1 unspecified atom stereocenters. The average Bonchev–Trinajstić information content (AvgIpc) is 3.28. The van der Waals surface area contributed by atoms with E-state index in [0.29, 0.717) is 24.1 Å². The zero-order chi connectivity index (χ0) is 23.8. The molecule has 0 bridgehead atoms. The van der Waals surface area contributed by atoms with Crippen LogP contribution < -0.4 is 5.56 Å². The number of fused-ring (bicyclic) bond motifs is 1. The third-order valence-electron chi connectivity index (χ3n) is 6.22. The number of aryl methyl sites for hydroxylation is 1. The lowest BCUT2D eigenvalue weighted by Gasteiger charge is -2.21. The van der Waals surface area contributed by atoms with Crippen molar-refractivity contribution in [1.29, 1.82) is 0 Å².